The molecule has 0 unspecified atom stereocenters. The van der Waals surface area contributed by atoms with E-state index in [1.54, 1.807) is 39.0 Å². The van der Waals surface area contributed by atoms with E-state index in [4.69, 9.17) is 27.7 Å². The summed E-state index contributed by atoms with van der Waals surface area (Å²) in [5, 5.41) is 0.614. The Kier molecular flexibility index (Phi) is 6.47. The first-order valence-electron chi connectivity index (χ1n) is 25.0. The molecule has 7 aromatic rings. The number of fused-ring (bicyclic) bond motifs is 3. The first-order chi connectivity index (χ1) is 30.9. The van der Waals surface area contributed by atoms with Crippen LogP contribution in [0.2, 0.25) is 0 Å². The van der Waals surface area contributed by atoms with Gasteiger partial charge in [-0.25, -0.2) is 0 Å². The molecular formula is C48H50IrN2O-2. The van der Waals surface area contributed by atoms with E-state index in [9.17, 15) is 0 Å². The van der Waals surface area contributed by atoms with Crippen molar-refractivity contribution >= 4 is 21.9 Å². The molecule has 269 valence electrons. The number of rotatable bonds is 4. The first-order valence-corrected chi connectivity index (χ1v) is 16.5. The number of furan rings is 1. The van der Waals surface area contributed by atoms with Crippen molar-refractivity contribution < 1.29 is 47.8 Å². The van der Waals surface area contributed by atoms with Crippen molar-refractivity contribution in [3.05, 3.63) is 142 Å². The zero-order chi connectivity index (χ0) is 51.0. The largest absolute Gasteiger partial charge is 0.500 e. The van der Waals surface area contributed by atoms with Crippen molar-refractivity contribution in [3.63, 3.8) is 0 Å². The predicted molar refractivity (Wildman–Crippen MR) is 215 cm³/mol. The quantitative estimate of drug-likeness (QED) is 0.165. The Bertz CT molecular complexity index is 2910. The summed E-state index contributed by atoms with van der Waals surface area (Å²) in [6.07, 6.45) is 1.04. The Labute approximate surface area is 348 Å². The van der Waals surface area contributed by atoms with E-state index in [1.807, 2.05) is 18.3 Å². The van der Waals surface area contributed by atoms with Crippen molar-refractivity contribution in [2.45, 2.75) is 87.6 Å². The molecule has 0 aliphatic heterocycles. The fourth-order valence-electron chi connectivity index (χ4n) is 5.72. The number of benzene rings is 4. The van der Waals surface area contributed by atoms with E-state index in [1.165, 1.54) is 48.0 Å². The van der Waals surface area contributed by atoms with Gasteiger partial charge in [-0.2, -0.15) is 0 Å². The van der Waals surface area contributed by atoms with Gasteiger partial charge in [0.1, 0.15) is 5.58 Å². The molecule has 0 bridgehead atoms. The second-order valence-corrected chi connectivity index (χ2v) is 14.5. The van der Waals surface area contributed by atoms with Crippen molar-refractivity contribution in [3.8, 4) is 33.6 Å². The predicted octanol–water partition coefficient (Wildman–Crippen LogP) is 13.1. The maximum atomic E-state index is 8.71. The molecule has 1 radical (unpaired) electrons. The Morgan fingerprint density at radius 1 is 0.673 bits per heavy atom. The molecule has 3 aromatic heterocycles. The van der Waals surface area contributed by atoms with Crippen LogP contribution in [-0.2, 0) is 31.9 Å². The molecule has 3 heterocycles. The Hall–Kier alpha value is -4.37. The van der Waals surface area contributed by atoms with E-state index in [0.29, 0.717) is 10.9 Å². The summed E-state index contributed by atoms with van der Waals surface area (Å²) >= 11 is 0. The van der Waals surface area contributed by atoms with Crippen LogP contribution in [0.3, 0.4) is 0 Å². The van der Waals surface area contributed by atoms with E-state index in [2.05, 4.69) is 42.9 Å². The molecule has 0 aliphatic rings. The molecule has 0 N–H and O–H groups in total. The summed E-state index contributed by atoms with van der Waals surface area (Å²) in [6.45, 7) is -1.39. The summed E-state index contributed by atoms with van der Waals surface area (Å²) in [7, 11) is 0. The number of hydrogen-bond donors (Lipinski definition) is 0. The fourth-order valence-corrected chi connectivity index (χ4v) is 5.72. The van der Waals surface area contributed by atoms with Gasteiger partial charge in [0.2, 0.25) is 0 Å². The van der Waals surface area contributed by atoms with Crippen LogP contribution in [0.5, 0.6) is 0 Å². The molecule has 52 heavy (non-hydrogen) atoms. The van der Waals surface area contributed by atoms with Gasteiger partial charge in [-0.1, -0.05) is 107 Å². The maximum absolute atomic E-state index is 8.71. The second kappa shape index (κ2) is 15.3. The Balaban J connectivity index is 0.000000353. The van der Waals surface area contributed by atoms with Gasteiger partial charge in [0.25, 0.3) is 0 Å². The summed E-state index contributed by atoms with van der Waals surface area (Å²) in [4.78, 5) is 8.81. The molecule has 7 rings (SSSR count). The first kappa shape index (κ1) is 22.0. The van der Waals surface area contributed by atoms with Gasteiger partial charge in [0.05, 0.1) is 5.58 Å². The molecule has 0 saturated carbocycles. The minimum atomic E-state index is -2.76. The van der Waals surface area contributed by atoms with Crippen LogP contribution in [0.1, 0.15) is 104 Å². The average Bonchev–Trinajstić information content (AvgIpc) is 3.60. The molecular weight excluding hydrogens is 813 g/mol. The third-order valence-corrected chi connectivity index (χ3v) is 8.24. The fraction of sp³-hybridized carbons (Fsp3) is 0.292. The van der Waals surface area contributed by atoms with Gasteiger partial charge in [0.15, 0.2) is 0 Å². The minimum absolute atomic E-state index is 0. The Morgan fingerprint density at radius 2 is 1.46 bits per heavy atom. The zero-order valence-electron chi connectivity index (χ0n) is 46.8. The summed E-state index contributed by atoms with van der Waals surface area (Å²) in [5.41, 5.74) is 1.85. The normalized spacial score (nSPS) is 18.0. The summed E-state index contributed by atoms with van der Waals surface area (Å²) in [6, 6.07) is 25.9. The van der Waals surface area contributed by atoms with E-state index >= 15 is 0 Å². The summed E-state index contributed by atoms with van der Waals surface area (Å²) in [5.74, 6) is 0. The van der Waals surface area contributed by atoms with Crippen molar-refractivity contribution in [1.29, 1.82) is 0 Å². The molecule has 0 saturated heterocycles. The van der Waals surface area contributed by atoms with E-state index in [0.717, 1.165) is 23.5 Å². The summed E-state index contributed by atoms with van der Waals surface area (Å²) < 4.78 is 143. The van der Waals surface area contributed by atoms with Gasteiger partial charge >= 0.3 is 0 Å². The zero-order valence-corrected chi connectivity index (χ0v) is 32.2. The van der Waals surface area contributed by atoms with Crippen molar-refractivity contribution in [2.75, 3.05) is 0 Å². The minimum Gasteiger partial charge on any atom is -0.500 e. The second-order valence-electron chi connectivity index (χ2n) is 14.5. The van der Waals surface area contributed by atoms with Gasteiger partial charge < -0.3 is 14.4 Å². The van der Waals surface area contributed by atoms with Gasteiger partial charge in [-0.15, -0.1) is 53.6 Å². The van der Waals surface area contributed by atoms with Gasteiger partial charge in [-0.3, -0.25) is 0 Å². The van der Waals surface area contributed by atoms with Gasteiger partial charge in [0, 0.05) is 61.2 Å². The molecule has 0 aliphatic carbocycles. The molecule has 0 atom stereocenters. The van der Waals surface area contributed by atoms with Crippen molar-refractivity contribution in [2.24, 2.45) is 5.41 Å². The van der Waals surface area contributed by atoms with Gasteiger partial charge in [-0.05, 0) is 101 Å². The number of aromatic nitrogens is 2. The van der Waals surface area contributed by atoms with Crippen LogP contribution in [0.4, 0.5) is 0 Å². The van der Waals surface area contributed by atoms with Crippen molar-refractivity contribution in [1.82, 2.24) is 9.97 Å². The standard InChI is InChI=1S/C32H32NO.C16H18N.Ir/c1-19-13-21(3)30-28(14-19)25-9-8-10-26(31(25)34-30)29-16-27(22(4)18-33-29)24-12-11-23(15-20(24)2)17-32(5,6)7;1-12-5-7-13(8-6-12)15-10-9-14(11-17-15)16(2,3)4;/h8-9,11-16,18H,17H2,1-7H3;5-7,9-11H,1-4H3;/q2*-1;/i1D3,2D3,3D3,4D3,17D2;1D3;. The topological polar surface area (TPSA) is 38.9 Å². The van der Waals surface area contributed by atoms with Crippen LogP contribution in [-0.4, -0.2) is 9.97 Å². The third-order valence-electron chi connectivity index (χ3n) is 8.24. The molecule has 0 amide bonds. The van der Waals surface area contributed by atoms with Crippen LogP contribution in [0, 0.1) is 51.8 Å². The number of hydrogen-bond acceptors (Lipinski definition) is 3. The monoisotopic (exact) mass is 880 g/mol. The Morgan fingerprint density at radius 3 is 2.12 bits per heavy atom. The SMILES string of the molecule is [2H]C([2H])([2H])c1c[c-]c(-c2ccc(C(C)(C)C)cn2)cc1.[2H]C([2H])([2H])c1cc(C([2H])([2H])[2H])c2oc3c(-c4cc(-c5ccc(C([2H])([2H])C(C)(C)C)cc5C([2H])([2H])[2H])c(C([2H])([2H])[2H])cn4)[c-]ccc3c2c1.[Ir]. The van der Waals surface area contributed by atoms with Crippen LogP contribution in [0.25, 0.3) is 55.6 Å². The molecule has 4 aromatic carbocycles. The number of aryl methyl sites for hydroxylation is 5. The smallest absolute Gasteiger partial charge is 0.123 e. The third kappa shape index (κ3) is 8.63. The molecule has 0 fully saturated rings. The maximum Gasteiger partial charge on any atom is 0.123 e. The molecule has 4 heteroatoms. The number of nitrogens with zero attached hydrogens (tertiary/aromatic N) is 2. The van der Waals surface area contributed by atoms with Crippen LogP contribution in [0.15, 0.2) is 95.7 Å². The van der Waals surface area contributed by atoms with Crippen LogP contribution < -0.4 is 0 Å². The van der Waals surface area contributed by atoms with E-state index < -0.39 is 46.0 Å². The number of pyridine rings is 2. The molecule has 3 nitrogen and oxygen atoms in total. The average molecular weight is 880 g/mol. The van der Waals surface area contributed by atoms with E-state index in [-0.39, 0.29) is 92.3 Å². The molecule has 0 spiro atoms. The van der Waals surface area contributed by atoms with Crippen LogP contribution >= 0.6 is 0 Å².